The maximum atomic E-state index is 12.6. The molecule has 0 saturated carbocycles. The average molecular weight is 335 g/mol. The van der Waals surface area contributed by atoms with Crippen molar-refractivity contribution in [3.63, 3.8) is 0 Å². The molecule has 0 aromatic heterocycles. The molecule has 0 aliphatic rings. The number of para-hydroxylation sites is 1. The fourth-order valence-electron chi connectivity index (χ4n) is 2.31. The quantitative estimate of drug-likeness (QED) is 0.810. The Morgan fingerprint density at radius 1 is 1.17 bits per heavy atom. The van der Waals surface area contributed by atoms with Gasteiger partial charge in [0, 0.05) is 5.69 Å². The summed E-state index contributed by atoms with van der Waals surface area (Å²) in [6.45, 7) is -0.968. The summed E-state index contributed by atoms with van der Waals surface area (Å²) in [7, 11) is 1.32. The summed E-state index contributed by atoms with van der Waals surface area (Å²) in [5, 5.41) is 2.67. The van der Waals surface area contributed by atoms with E-state index in [0.717, 1.165) is 12.8 Å². The second-order valence-electron chi connectivity index (χ2n) is 5.12. The predicted octanol–water partition coefficient (Wildman–Crippen LogP) is 4.50. The van der Waals surface area contributed by atoms with E-state index in [9.17, 15) is 13.6 Å². The second-order valence-corrected chi connectivity index (χ2v) is 5.12. The lowest BCUT2D eigenvalue weighted by Gasteiger charge is -2.14. The van der Waals surface area contributed by atoms with Crippen molar-refractivity contribution < 1.29 is 23.0 Å². The molecule has 0 bridgehead atoms. The highest BCUT2D eigenvalue weighted by atomic mass is 19.3. The number of benzene rings is 2. The Balaban J connectivity index is 2.22. The maximum absolute atomic E-state index is 12.6. The van der Waals surface area contributed by atoms with Crippen molar-refractivity contribution >= 4 is 11.6 Å². The van der Waals surface area contributed by atoms with Crippen LogP contribution in [0.5, 0.6) is 11.5 Å². The van der Waals surface area contributed by atoms with Gasteiger partial charge in [0.15, 0.2) is 11.5 Å². The molecule has 1 N–H and O–H groups in total. The zero-order valence-corrected chi connectivity index (χ0v) is 13.5. The van der Waals surface area contributed by atoms with E-state index in [-0.39, 0.29) is 17.1 Å². The number of amides is 1. The standard InChI is InChI=1S/C18H19F2NO3/c1-3-5-12-8-10-13(11-9-12)21-17(22)14-6-4-7-15(23-2)16(14)24-18(19)20/h4,6-11,18H,3,5H2,1-2H3,(H,21,22). The van der Waals surface area contributed by atoms with Gasteiger partial charge in [-0.25, -0.2) is 0 Å². The summed E-state index contributed by atoms with van der Waals surface area (Å²) < 4.78 is 34.7. The monoisotopic (exact) mass is 335 g/mol. The van der Waals surface area contributed by atoms with Gasteiger partial charge in [0.25, 0.3) is 5.91 Å². The Hall–Kier alpha value is -2.63. The third kappa shape index (κ3) is 4.44. The highest BCUT2D eigenvalue weighted by Crippen LogP contribution is 2.33. The topological polar surface area (TPSA) is 47.6 Å². The minimum Gasteiger partial charge on any atom is -0.493 e. The van der Waals surface area contributed by atoms with Crippen LogP contribution in [0.15, 0.2) is 42.5 Å². The van der Waals surface area contributed by atoms with E-state index >= 15 is 0 Å². The maximum Gasteiger partial charge on any atom is 0.387 e. The molecule has 4 nitrogen and oxygen atoms in total. The number of ether oxygens (including phenoxy) is 2. The molecule has 2 rings (SSSR count). The van der Waals surface area contributed by atoms with E-state index in [1.165, 1.54) is 30.9 Å². The number of anilines is 1. The van der Waals surface area contributed by atoms with Crippen molar-refractivity contribution in [1.82, 2.24) is 0 Å². The van der Waals surface area contributed by atoms with Gasteiger partial charge in [-0.1, -0.05) is 31.5 Å². The van der Waals surface area contributed by atoms with E-state index in [1.54, 1.807) is 12.1 Å². The summed E-state index contributed by atoms with van der Waals surface area (Å²) >= 11 is 0. The minimum atomic E-state index is -3.05. The molecule has 0 radical (unpaired) electrons. The third-order valence-corrected chi connectivity index (χ3v) is 3.40. The lowest BCUT2D eigenvalue weighted by atomic mass is 10.1. The predicted molar refractivity (Wildman–Crippen MR) is 88.0 cm³/mol. The molecule has 0 aliphatic heterocycles. The molecule has 24 heavy (non-hydrogen) atoms. The summed E-state index contributed by atoms with van der Waals surface area (Å²) in [5.74, 6) is -0.760. The molecule has 2 aromatic carbocycles. The van der Waals surface area contributed by atoms with Crippen LogP contribution in [-0.4, -0.2) is 19.6 Å². The number of aryl methyl sites for hydroxylation is 1. The average Bonchev–Trinajstić information content (AvgIpc) is 2.56. The summed E-state index contributed by atoms with van der Waals surface area (Å²) in [6, 6.07) is 11.8. The lowest BCUT2D eigenvalue weighted by Crippen LogP contribution is -2.15. The fourth-order valence-corrected chi connectivity index (χ4v) is 2.31. The molecule has 0 heterocycles. The van der Waals surface area contributed by atoms with Crippen molar-refractivity contribution in [3.8, 4) is 11.5 Å². The molecule has 0 fully saturated rings. The Bertz CT molecular complexity index is 687. The van der Waals surface area contributed by atoms with Crippen molar-refractivity contribution in [3.05, 3.63) is 53.6 Å². The lowest BCUT2D eigenvalue weighted by molar-refractivity contribution is -0.0515. The van der Waals surface area contributed by atoms with Gasteiger partial charge in [-0.3, -0.25) is 4.79 Å². The van der Waals surface area contributed by atoms with Crippen LogP contribution in [0.1, 0.15) is 29.3 Å². The van der Waals surface area contributed by atoms with E-state index in [2.05, 4.69) is 17.0 Å². The SMILES string of the molecule is CCCc1ccc(NC(=O)c2cccc(OC)c2OC(F)F)cc1. The van der Waals surface area contributed by atoms with Gasteiger partial charge < -0.3 is 14.8 Å². The van der Waals surface area contributed by atoms with Crippen LogP contribution < -0.4 is 14.8 Å². The van der Waals surface area contributed by atoms with Crippen LogP contribution in [0.3, 0.4) is 0 Å². The Morgan fingerprint density at radius 2 is 1.88 bits per heavy atom. The zero-order valence-electron chi connectivity index (χ0n) is 13.5. The summed E-state index contributed by atoms with van der Waals surface area (Å²) in [5.41, 5.74) is 1.72. The molecule has 0 saturated heterocycles. The molecular formula is C18H19F2NO3. The van der Waals surface area contributed by atoms with E-state index in [1.807, 2.05) is 12.1 Å². The van der Waals surface area contributed by atoms with Crippen molar-refractivity contribution in [2.24, 2.45) is 0 Å². The Kier molecular flexibility index (Phi) is 6.12. The van der Waals surface area contributed by atoms with Gasteiger partial charge in [-0.05, 0) is 36.2 Å². The number of methoxy groups -OCH3 is 1. The molecule has 128 valence electrons. The van der Waals surface area contributed by atoms with Gasteiger partial charge in [0.1, 0.15) is 0 Å². The highest BCUT2D eigenvalue weighted by Gasteiger charge is 2.20. The van der Waals surface area contributed by atoms with Crippen LogP contribution in [0.25, 0.3) is 0 Å². The van der Waals surface area contributed by atoms with Crippen molar-refractivity contribution in [1.29, 1.82) is 0 Å². The molecule has 0 aliphatic carbocycles. The number of halogens is 2. The second kappa shape index (κ2) is 8.29. The van der Waals surface area contributed by atoms with Gasteiger partial charge in [-0.2, -0.15) is 8.78 Å². The van der Waals surface area contributed by atoms with Gasteiger partial charge in [0.05, 0.1) is 12.7 Å². The number of carbonyl (C=O) groups excluding carboxylic acids is 1. The Morgan fingerprint density at radius 3 is 2.46 bits per heavy atom. The van der Waals surface area contributed by atoms with Crippen LogP contribution in [-0.2, 0) is 6.42 Å². The van der Waals surface area contributed by atoms with Crippen LogP contribution >= 0.6 is 0 Å². The Labute approximate surface area is 139 Å². The van der Waals surface area contributed by atoms with Gasteiger partial charge in [0.2, 0.25) is 0 Å². The number of carbonyl (C=O) groups is 1. The molecule has 2 aromatic rings. The first kappa shape index (κ1) is 17.7. The summed E-state index contributed by atoms with van der Waals surface area (Å²) in [6.07, 6.45) is 1.99. The van der Waals surface area contributed by atoms with E-state index in [0.29, 0.717) is 5.69 Å². The van der Waals surface area contributed by atoms with Gasteiger partial charge in [-0.15, -0.1) is 0 Å². The number of hydrogen-bond acceptors (Lipinski definition) is 3. The molecule has 0 unspecified atom stereocenters. The molecule has 6 heteroatoms. The molecule has 0 spiro atoms. The van der Waals surface area contributed by atoms with E-state index in [4.69, 9.17) is 4.74 Å². The largest absolute Gasteiger partial charge is 0.493 e. The molecular weight excluding hydrogens is 316 g/mol. The number of rotatable bonds is 7. The first-order valence-corrected chi connectivity index (χ1v) is 7.57. The number of alkyl halides is 2. The zero-order chi connectivity index (χ0) is 17.5. The normalized spacial score (nSPS) is 10.5. The van der Waals surface area contributed by atoms with Gasteiger partial charge >= 0.3 is 6.61 Å². The fraction of sp³-hybridized carbons (Fsp3) is 0.278. The minimum absolute atomic E-state index is 0.0210. The van der Waals surface area contributed by atoms with Crippen LogP contribution in [0.2, 0.25) is 0 Å². The van der Waals surface area contributed by atoms with Crippen molar-refractivity contribution in [2.45, 2.75) is 26.4 Å². The number of nitrogens with one attached hydrogen (secondary N) is 1. The smallest absolute Gasteiger partial charge is 0.387 e. The van der Waals surface area contributed by atoms with Crippen LogP contribution in [0, 0.1) is 0 Å². The first-order valence-electron chi connectivity index (χ1n) is 7.57. The van der Waals surface area contributed by atoms with Crippen molar-refractivity contribution in [2.75, 3.05) is 12.4 Å². The first-order chi connectivity index (χ1) is 11.5. The summed E-state index contributed by atoms with van der Waals surface area (Å²) in [4.78, 5) is 12.4. The van der Waals surface area contributed by atoms with E-state index < -0.39 is 12.5 Å². The third-order valence-electron chi connectivity index (χ3n) is 3.40. The highest BCUT2D eigenvalue weighted by molar-refractivity contribution is 6.06. The molecule has 1 amide bonds. The number of hydrogen-bond donors (Lipinski definition) is 1. The molecule has 0 atom stereocenters. The van der Waals surface area contributed by atoms with Crippen LogP contribution in [0.4, 0.5) is 14.5 Å².